The zero-order valence-electron chi connectivity index (χ0n) is 16.7. The van der Waals surface area contributed by atoms with Crippen LogP contribution >= 0.6 is 0 Å². The first-order valence-electron chi connectivity index (χ1n) is 9.07. The van der Waals surface area contributed by atoms with Crippen LogP contribution in [-0.4, -0.2) is 39.7 Å². The second-order valence-electron chi connectivity index (χ2n) is 6.37. The van der Waals surface area contributed by atoms with Gasteiger partial charge in [-0.1, -0.05) is 12.1 Å². The van der Waals surface area contributed by atoms with Crippen molar-refractivity contribution in [2.24, 2.45) is 0 Å². The first-order chi connectivity index (χ1) is 14.9. The molecule has 3 N–H and O–H groups in total. The van der Waals surface area contributed by atoms with E-state index in [4.69, 9.17) is 4.74 Å². The molecule has 0 aliphatic heterocycles. The number of hydrogen-bond donors (Lipinski definition) is 3. The summed E-state index contributed by atoms with van der Waals surface area (Å²) in [4.78, 5) is 23.1. The lowest BCUT2D eigenvalue weighted by Gasteiger charge is -2.11. The van der Waals surface area contributed by atoms with E-state index in [-0.39, 0.29) is 24.5 Å². The molecule has 2 aromatic rings. The highest BCUT2D eigenvalue weighted by Gasteiger charge is 2.31. The largest absolute Gasteiger partial charge is 0.573 e. The standard InChI is InChI=1S/C19H20F3N3O6S/c1-13-3-2-4-15(11-13)30-12-18(27)25-24-17(26)9-10-23-32(28,29)16-7-5-14(6-8-16)31-19(20,21)22/h2-8,11,23H,9-10,12H2,1H3,(H,24,26)(H,25,27). The average molecular weight is 475 g/mol. The minimum atomic E-state index is -4.89. The predicted octanol–water partition coefficient (Wildman–Crippen LogP) is 1.79. The van der Waals surface area contributed by atoms with Crippen LogP contribution in [0.1, 0.15) is 12.0 Å². The molecule has 2 amide bonds. The molecular weight excluding hydrogens is 455 g/mol. The number of benzene rings is 2. The number of carbonyl (C=O) groups excluding carboxylic acids is 2. The molecule has 0 radical (unpaired) electrons. The Kier molecular flexibility index (Phi) is 8.43. The van der Waals surface area contributed by atoms with Gasteiger partial charge in [0.05, 0.1) is 4.90 Å². The summed E-state index contributed by atoms with van der Waals surface area (Å²) in [6, 6.07) is 10.6. The third kappa shape index (κ3) is 8.81. The summed E-state index contributed by atoms with van der Waals surface area (Å²) >= 11 is 0. The maximum atomic E-state index is 12.1. The van der Waals surface area contributed by atoms with E-state index >= 15 is 0 Å². The van der Waals surface area contributed by atoms with Crippen LogP contribution < -0.4 is 25.0 Å². The molecule has 0 bridgehead atoms. The summed E-state index contributed by atoms with van der Waals surface area (Å²) in [6.45, 7) is 1.20. The van der Waals surface area contributed by atoms with Crippen molar-refractivity contribution in [2.75, 3.05) is 13.2 Å². The molecule has 32 heavy (non-hydrogen) atoms. The van der Waals surface area contributed by atoms with Gasteiger partial charge in [-0.3, -0.25) is 20.4 Å². The monoisotopic (exact) mass is 475 g/mol. The average Bonchev–Trinajstić information content (AvgIpc) is 2.70. The van der Waals surface area contributed by atoms with Crippen molar-refractivity contribution >= 4 is 21.8 Å². The van der Waals surface area contributed by atoms with Crippen LogP contribution in [-0.2, 0) is 19.6 Å². The molecule has 0 aliphatic carbocycles. The first-order valence-corrected chi connectivity index (χ1v) is 10.6. The van der Waals surface area contributed by atoms with Gasteiger partial charge in [0, 0.05) is 13.0 Å². The second kappa shape index (κ2) is 10.8. The van der Waals surface area contributed by atoms with Gasteiger partial charge in [-0.25, -0.2) is 13.1 Å². The number of halogens is 3. The number of hydrogen-bond acceptors (Lipinski definition) is 6. The molecule has 0 aromatic heterocycles. The minimum absolute atomic E-state index is 0.311. The van der Waals surface area contributed by atoms with E-state index in [2.05, 4.69) is 20.3 Å². The van der Waals surface area contributed by atoms with Crippen LogP contribution in [0.5, 0.6) is 11.5 Å². The summed E-state index contributed by atoms with van der Waals surface area (Å²) in [5, 5.41) is 0. The summed E-state index contributed by atoms with van der Waals surface area (Å²) in [6.07, 6.45) is -5.21. The number of rotatable bonds is 9. The van der Waals surface area contributed by atoms with Crippen molar-refractivity contribution in [2.45, 2.75) is 24.6 Å². The van der Waals surface area contributed by atoms with Gasteiger partial charge in [0.2, 0.25) is 15.9 Å². The van der Waals surface area contributed by atoms with Gasteiger partial charge < -0.3 is 9.47 Å². The quantitative estimate of drug-likeness (QED) is 0.476. The fourth-order valence-electron chi connectivity index (χ4n) is 2.29. The summed E-state index contributed by atoms with van der Waals surface area (Å²) < 4.78 is 71.7. The smallest absolute Gasteiger partial charge is 0.484 e. The molecule has 174 valence electrons. The van der Waals surface area contributed by atoms with Crippen molar-refractivity contribution in [3.8, 4) is 11.5 Å². The number of aryl methyl sites for hydroxylation is 1. The number of amides is 2. The Labute approximate surface area is 181 Å². The Balaban J connectivity index is 1.71. The van der Waals surface area contributed by atoms with Crippen LogP contribution in [0.4, 0.5) is 13.2 Å². The minimum Gasteiger partial charge on any atom is -0.484 e. The van der Waals surface area contributed by atoms with E-state index in [1.807, 2.05) is 13.0 Å². The van der Waals surface area contributed by atoms with E-state index in [0.717, 1.165) is 29.8 Å². The van der Waals surface area contributed by atoms with Crippen molar-refractivity contribution in [1.82, 2.24) is 15.6 Å². The molecule has 0 saturated carbocycles. The van der Waals surface area contributed by atoms with E-state index < -0.39 is 33.9 Å². The van der Waals surface area contributed by atoms with Gasteiger partial charge in [-0.2, -0.15) is 0 Å². The Bertz CT molecular complexity index is 1040. The Hall–Kier alpha value is -3.32. The molecule has 0 aliphatic rings. The highest BCUT2D eigenvalue weighted by Crippen LogP contribution is 2.23. The maximum Gasteiger partial charge on any atom is 0.573 e. The molecule has 0 spiro atoms. The van der Waals surface area contributed by atoms with Gasteiger partial charge >= 0.3 is 6.36 Å². The number of nitrogens with one attached hydrogen (secondary N) is 3. The number of carbonyl (C=O) groups is 2. The Morgan fingerprint density at radius 3 is 2.25 bits per heavy atom. The van der Waals surface area contributed by atoms with Crippen LogP contribution in [0, 0.1) is 6.92 Å². The highest BCUT2D eigenvalue weighted by atomic mass is 32.2. The fraction of sp³-hybridized carbons (Fsp3) is 0.263. The van der Waals surface area contributed by atoms with E-state index in [1.54, 1.807) is 18.2 Å². The molecule has 0 atom stereocenters. The number of ether oxygens (including phenoxy) is 2. The van der Waals surface area contributed by atoms with Crippen LogP contribution in [0.25, 0.3) is 0 Å². The number of alkyl halides is 3. The zero-order chi connectivity index (χ0) is 23.8. The van der Waals surface area contributed by atoms with E-state index in [1.165, 1.54) is 0 Å². The van der Waals surface area contributed by atoms with Gasteiger partial charge in [0.25, 0.3) is 5.91 Å². The van der Waals surface area contributed by atoms with E-state index in [9.17, 15) is 31.2 Å². The maximum absolute atomic E-state index is 12.1. The molecule has 0 unspecified atom stereocenters. The Morgan fingerprint density at radius 2 is 1.62 bits per heavy atom. The topological polar surface area (TPSA) is 123 Å². The van der Waals surface area contributed by atoms with Gasteiger partial charge in [0.1, 0.15) is 11.5 Å². The molecule has 0 fully saturated rings. The zero-order valence-corrected chi connectivity index (χ0v) is 17.5. The van der Waals surface area contributed by atoms with Gasteiger partial charge in [-0.15, -0.1) is 13.2 Å². The molecule has 0 saturated heterocycles. The lowest BCUT2D eigenvalue weighted by molar-refractivity contribution is -0.274. The molecular formula is C19H20F3N3O6S. The van der Waals surface area contributed by atoms with Crippen LogP contribution in [0.3, 0.4) is 0 Å². The normalized spacial score (nSPS) is 11.5. The lowest BCUT2D eigenvalue weighted by atomic mass is 10.2. The SMILES string of the molecule is Cc1cccc(OCC(=O)NNC(=O)CCNS(=O)(=O)c2ccc(OC(F)(F)F)cc2)c1. The third-order valence-corrected chi connectivity index (χ3v) is 5.19. The summed E-state index contributed by atoms with van der Waals surface area (Å²) in [5.74, 6) is -1.39. The molecule has 0 heterocycles. The highest BCUT2D eigenvalue weighted by molar-refractivity contribution is 7.89. The predicted molar refractivity (Wildman–Crippen MR) is 106 cm³/mol. The van der Waals surface area contributed by atoms with Gasteiger partial charge in [-0.05, 0) is 48.9 Å². The van der Waals surface area contributed by atoms with Crippen molar-refractivity contribution < 1.29 is 40.7 Å². The second-order valence-corrected chi connectivity index (χ2v) is 8.14. The van der Waals surface area contributed by atoms with E-state index in [0.29, 0.717) is 5.75 Å². The summed E-state index contributed by atoms with van der Waals surface area (Å²) in [5.41, 5.74) is 5.18. The summed E-state index contributed by atoms with van der Waals surface area (Å²) in [7, 11) is -4.06. The molecule has 2 aromatic carbocycles. The third-order valence-electron chi connectivity index (χ3n) is 3.71. The van der Waals surface area contributed by atoms with Crippen molar-refractivity contribution in [3.63, 3.8) is 0 Å². The fourth-order valence-corrected chi connectivity index (χ4v) is 3.33. The first kappa shape index (κ1) is 24.9. The molecule has 13 heteroatoms. The number of hydrazine groups is 1. The molecule has 9 nitrogen and oxygen atoms in total. The lowest BCUT2D eigenvalue weighted by Crippen LogP contribution is -2.44. The Morgan fingerprint density at radius 1 is 0.969 bits per heavy atom. The van der Waals surface area contributed by atoms with Crippen LogP contribution in [0.2, 0.25) is 0 Å². The van der Waals surface area contributed by atoms with Gasteiger partial charge in [0.15, 0.2) is 6.61 Å². The van der Waals surface area contributed by atoms with Crippen molar-refractivity contribution in [3.05, 3.63) is 54.1 Å². The molecule has 2 rings (SSSR count). The van der Waals surface area contributed by atoms with Crippen LogP contribution in [0.15, 0.2) is 53.4 Å². The number of sulfonamides is 1. The van der Waals surface area contributed by atoms with Crippen molar-refractivity contribution in [1.29, 1.82) is 0 Å².